The van der Waals surface area contributed by atoms with E-state index in [0.29, 0.717) is 0 Å². The Kier molecular flexibility index (Phi) is 6.18. The van der Waals surface area contributed by atoms with Gasteiger partial charge >= 0.3 is 0 Å². The standard InChI is InChI=1S/C19H20N4O3S2/c1-3-16(24)20-18-21-22-19(27-18)28(25,26)23-17(14-9-5-4-6-10-14)15-11-7-8-13(2)12-15/h4-12,17,23H,3H2,1-2H3,(H,20,21,24)/t17-/m0/s1. The number of aromatic nitrogens is 2. The van der Waals surface area contributed by atoms with Crippen molar-refractivity contribution in [2.45, 2.75) is 30.6 Å². The molecule has 28 heavy (non-hydrogen) atoms. The third kappa shape index (κ3) is 4.80. The number of nitrogens with zero attached hydrogens (tertiary/aromatic N) is 2. The molecule has 7 nitrogen and oxygen atoms in total. The van der Waals surface area contributed by atoms with E-state index in [-0.39, 0.29) is 21.8 Å². The lowest BCUT2D eigenvalue weighted by Gasteiger charge is -2.19. The number of benzene rings is 2. The highest BCUT2D eigenvalue weighted by molar-refractivity contribution is 7.91. The van der Waals surface area contributed by atoms with Gasteiger partial charge in [-0.2, -0.15) is 4.72 Å². The summed E-state index contributed by atoms with van der Waals surface area (Å²) in [7, 11) is -3.95. The molecule has 1 heterocycles. The van der Waals surface area contributed by atoms with Gasteiger partial charge in [0, 0.05) is 6.42 Å². The summed E-state index contributed by atoms with van der Waals surface area (Å²) in [6.07, 6.45) is 0.267. The molecule has 0 spiro atoms. The molecule has 0 saturated carbocycles. The second-order valence-corrected chi connectivity index (χ2v) is 9.02. The maximum Gasteiger partial charge on any atom is 0.270 e. The summed E-state index contributed by atoms with van der Waals surface area (Å²) in [5.74, 6) is -0.255. The van der Waals surface area contributed by atoms with Crippen molar-refractivity contribution >= 4 is 32.4 Å². The fourth-order valence-corrected chi connectivity index (χ4v) is 4.75. The summed E-state index contributed by atoms with van der Waals surface area (Å²) in [6, 6.07) is 16.4. The Morgan fingerprint density at radius 2 is 1.79 bits per heavy atom. The molecule has 2 aromatic carbocycles. The molecule has 0 bridgehead atoms. The van der Waals surface area contributed by atoms with Crippen molar-refractivity contribution in [1.29, 1.82) is 0 Å². The van der Waals surface area contributed by atoms with Gasteiger partial charge in [0.2, 0.25) is 15.4 Å². The van der Waals surface area contributed by atoms with Gasteiger partial charge in [-0.15, -0.1) is 10.2 Å². The molecule has 146 valence electrons. The largest absolute Gasteiger partial charge is 0.301 e. The predicted octanol–water partition coefficient (Wildman–Crippen LogP) is 3.26. The predicted molar refractivity (Wildman–Crippen MR) is 109 cm³/mol. The molecule has 0 radical (unpaired) electrons. The zero-order chi connectivity index (χ0) is 20.1. The Morgan fingerprint density at radius 3 is 2.46 bits per heavy atom. The summed E-state index contributed by atoms with van der Waals surface area (Å²) < 4.78 is 28.4. The Morgan fingerprint density at radius 1 is 1.07 bits per heavy atom. The highest BCUT2D eigenvalue weighted by Gasteiger charge is 2.26. The average Bonchev–Trinajstić information content (AvgIpc) is 3.16. The first kappa shape index (κ1) is 20.1. The molecule has 2 N–H and O–H groups in total. The van der Waals surface area contributed by atoms with Crippen LogP contribution in [0.1, 0.15) is 36.1 Å². The van der Waals surface area contributed by atoms with E-state index in [1.165, 1.54) is 0 Å². The highest BCUT2D eigenvalue weighted by Crippen LogP contribution is 2.27. The number of aryl methyl sites for hydroxylation is 1. The molecule has 0 unspecified atom stereocenters. The second kappa shape index (κ2) is 8.59. The average molecular weight is 417 g/mol. The number of amides is 1. The minimum Gasteiger partial charge on any atom is -0.301 e. The molecular weight excluding hydrogens is 396 g/mol. The smallest absolute Gasteiger partial charge is 0.270 e. The number of carbonyl (C=O) groups is 1. The van der Waals surface area contributed by atoms with Crippen LogP contribution in [0, 0.1) is 6.92 Å². The Balaban J connectivity index is 1.93. The lowest BCUT2D eigenvalue weighted by Crippen LogP contribution is -2.29. The van der Waals surface area contributed by atoms with E-state index in [1.807, 2.05) is 61.5 Å². The maximum atomic E-state index is 12.9. The number of carbonyl (C=O) groups excluding carboxylic acids is 1. The van der Waals surface area contributed by atoms with Crippen LogP contribution in [0.25, 0.3) is 0 Å². The molecule has 0 aliphatic carbocycles. The summed E-state index contributed by atoms with van der Waals surface area (Å²) >= 11 is 0.814. The van der Waals surface area contributed by atoms with Gasteiger partial charge in [-0.3, -0.25) is 4.79 Å². The fraction of sp³-hybridized carbons (Fsp3) is 0.211. The van der Waals surface area contributed by atoms with Gasteiger partial charge in [0.15, 0.2) is 0 Å². The van der Waals surface area contributed by atoms with E-state index in [4.69, 9.17) is 0 Å². The van der Waals surface area contributed by atoms with Crippen LogP contribution in [0.15, 0.2) is 58.9 Å². The minimum absolute atomic E-state index is 0.152. The summed E-state index contributed by atoms with van der Waals surface area (Å²) in [4.78, 5) is 11.5. The molecule has 3 rings (SSSR count). The summed E-state index contributed by atoms with van der Waals surface area (Å²) in [5, 5.41) is 10.2. The Labute approximate surface area is 167 Å². The quantitative estimate of drug-likeness (QED) is 0.576. The van der Waals surface area contributed by atoms with E-state index in [2.05, 4.69) is 20.2 Å². The van der Waals surface area contributed by atoms with Crippen molar-refractivity contribution in [1.82, 2.24) is 14.9 Å². The number of rotatable bonds is 7. The van der Waals surface area contributed by atoms with Crippen LogP contribution in [0.4, 0.5) is 5.13 Å². The van der Waals surface area contributed by atoms with Crippen LogP contribution in [0.3, 0.4) is 0 Å². The highest BCUT2D eigenvalue weighted by atomic mass is 32.2. The first-order valence-electron chi connectivity index (χ1n) is 8.66. The summed E-state index contributed by atoms with van der Waals surface area (Å²) in [6.45, 7) is 3.65. The van der Waals surface area contributed by atoms with E-state index >= 15 is 0 Å². The monoisotopic (exact) mass is 416 g/mol. The molecule has 1 atom stereocenters. The van der Waals surface area contributed by atoms with Crippen molar-refractivity contribution in [2.24, 2.45) is 0 Å². The minimum atomic E-state index is -3.95. The second-order valence-electron chi connectivity index (χ2n) is 6.15. The normalized spacial score (nSPS) is 12.5. The summed E-state index contributed by atoms with van der Waals surface area (Å²) in [5.41, 5.74) is 2.65. The van der Waals surface area contributed by atoms with Crippen molar-refractivity contribution < 1.29 is 13.2 Å². The number of anilines is 1. The molecular formula is C19H20N4O3S2. The number of hydrogen-bond donors (Lipinski definition) is 2. The molecule has 1 aromatic heterocycles. The van der Waals surface area contributed by atoms with Gasteiger partial charge in [-0.25, -0.2) is 8.42 Å². The van der Waals surface area contributed by atoms with Crippen LogP contribution in [-0.2, 0) is 14.8 Å². The fourth-order valence-electron chi connectivity index (χ4n) is 2.61. The van der Waals surface area contributed by atoms with Gasteiger partial charge in [0.25, 0.3) is 10.0 Å². The zero-order valence-corrected chi connectivity index (χ0v) is 17.0. The van der Waals surface area contributed by atoms with Gasteiger partial charge in [-0.05, 0) is 18.1 Å². The van der Waals surface area contributed by atoms with Crippen LogP contribution in [-0.4, -0.2) is 24.5 Å². The molecule has 3 aromatic rings. The first-order valence-corrected chi connectivity index (χ1v) is 11.0. The molecule has 0 saturated heterocycles. The van der Waals surface area contributed by atoms with E-state index in [0.717, 1.165) is 28.0 Å². The topological polar surface area (TPSA) is 101 Å². The Hall–Kier alpha value is -2.62. The number of hydrogen-bond acceptors (Lipinski definition) is 6. The zero-order valence-electron chi connectivity index (χ0n) is 15.4. The third-order valence-corrected chi connectivity index (χ3v) is 6.61. The molecule has 0 fully saturated rings. The lowest BCUT2D eigenvalue weighted by atomic mass is 9.98. The Bertz CT molecular complexity index is 1070. The van der Waals surface area contributed by atoms with Crippen molar-refractivity contribution in [3.05, 3.63) is 71.3 Å². The number of sulfonamides is 1. The molecule has 0 aliphatic rings. The van der Waals surface area contributed by atoms with Gasteiger partial charge in [0.05, 0.1) is 6.04 Å². The third-order valence-electron chi connectivity index (χ3n) is 3.99. The number of nitrogens with one attached hydrogen (secondary N) is 2. The van der Waals surface area contributed by atoms with Crippen LogP contribution in [0.2, 0.25) is 0 Å². The lowest BCUT2D eigenvalue weighted by molar-refractivity contribution is -0.115. The van der Waals surface area contributed by atoms with Crippen LogP contribution < -0.4 is 10.0 Å². The van der Waals surface area contributed by atoms with Crippen LogP contribution >= 0.6 is 11.3 Å². The van der Waals surface area contributed by atoms with Gasteiger partial charge in [-0.1, -0.05) is 78.4 Å². The van der Waals surface area contributed by atoms with E-state index in [1.54, 1.807) is 6.92 Å². The first-order chi connectivity index (χ1) is 13.4. The molecule has 1 amide bonds. The maximum absolute atomic E-state index is 12.9. The van der Waals surface area contributed by atoms with Crippen molar-refractivity contribution in [3.63, 3.8) is 0 Å². The molecule has 9 heteroatoms. The van der Waals surface area contributed by atoms with Crippen molar-refractivity contribution in [3.8, 4) is 0 Å². The molecule has 0 aliphatic heterocycles. The van der Waals surface area contributed by atoms with Crippen LogP contribution in [0.5, 0.6) is 0 Å². The SMILES string of the molecule is CCC(=O)Nc1nnc(S(=O)(=O)N[C@@H](c2ccccc2)c2cccc(C)c2)s1. The van der Waals surface area contributed by atoms with Gasteiger partial charge < -0.3 is 5.32 Å². The van der Waals surface area contributed by atoms with E-state index in [9.17, 15) is 13.2 Å². The van der Waals surface area contributed by atoms with E-state index < -0.39 is 16.1 Å². The van der Waals surface area contributed by atoms with Crippen molar-refractivity contribution in [2.75, 3.05) is 5.32 Å². The van der Waals surface area contributed by atoms with Gasteiger partial charge in [0.1, 0.15) is 0 Å².